The van der Waals surface area contributed by atoms with Crippen LogP contribution in [0.3, 0.4) is 0 Å². The van der Waals surface area contributed by atoms with E-state index in [0.29, 0.717) is 5.91 Å². The molecule has 1 atom stereocenters. The molecule has 7 rings (SSSR count). The molecule has 3 aromatic rings. The zero-order valence-corrected chi connectivity index (χ0v) is 19.7. The molecule has 1 amide bonds. The largest absolute Gasteiger partial charge is 0.354 e. The molecule has 2 fully saturated rings. The summed E-state index contributed by atoms with van der Waals surface area (Å²) in [6, 6.07) is 10.9. The Labute approximate surface area is 200 Å². The van der Waals surface area contributed by atoms with Crippen LogP contribution in [-0.4, -0.2) is 64.7 Å². The highest BCUT2D eigenvalue weighted by Crippen LogP contribution is 2.45. The number of anilines is 1. The van der Waals surface area contributed by atoms with Crippen molar-refractivity contribution in [1.82, 2.24) is 24.8 Å². The zero-order valence-electron chi connectivity index (χ0n) is 19.7. The van der Waals surface area contributed by atoms with Gasteiger partial charge in [-0.1, -0.05) is 24.3 Å². The summed E-state index contributed by atoms with van der Waals surface area (Å²) >= 11 is 0. The van der Waals surface area contributed by atoms with Crippen LogP contribution in [0.15, 0.2) is 36.5 Å². The lowest BCUT2D eigenvalue weighted by Crippen LogP contribution is -2.58. The number of aryl methyl sites for hydroxylation is 1. The van der Waals surface area contributed by atoms with Crippen molar-refractivity contribution in [2.24, 2.45) is 5.92 Å². The van der Waals surface area contributed by atoms with Gasteiger partial charge in [0.05, 0.1) is 17.8 Å². The Morgan fingerprint density at radius 2 is 1.94 bits per heavy atom. The number of nitrogens with zero attached hydrogens (tertiary/aromatic N) is 5. The van der Waals surface area contributed by atoms with Crippen molar-refractivity contribution in [1.29, 1.82) is 0 Å². The maximum Gasteiger partial charge on any atom is 0.229 e. The molecule has 0 saturated carbocycles. The fourth-order valence-corrected chi connectivity index (χ4v) is 6.91. The van der Waals surface area contributed by atoms with Crippen LogP contribution in [0.5, 0.6) is 0 Å². The summed E-state index contributed by atoms with van der Waals surface area (Å²) in [5, 5.41) is 8.08. The Morgan fingerprint density at radius 1 is 1.06 bits per heavy atom. The van der Waals surface area contributed by atoms with Crippen LogP contribution in [0.25, 0.3) is 5.65 Å². The Morgan fingerprint density at radius 3 is 2.88 bits per heavy atom. The molecule has 5 heterocycles. The van der Waals surface area contributed by atoms with Crippen molar-refractivity contribution < 1.29 is 4.79 Å². The number of piperidine rings is 1. The summed E-state index contributed by atoms with van der Waals surface area (Å²) in [6.07, 6.45) is 8.37. The Balaban J connectivity index is 1.11. The SMILES string of the molecule is O=C(C1CN(c2c3c(nc4ccnn24)CCNCC3)C1)N1CCCC2(CCc3ccccc32)C1. The predicted molar refractivity (Wildman–Crippen MR) is 131 cm³/mol. The van der Waals surface area contributed by atoms with Gasteiger partial charge < -0.3 is 15.1 Å². The van der Waals surface area contributed by atoms with Gasteiger partial charge in [-0.25, -0.2) is 4.98 Å². The van der Waals surface area contributed by atoms with Gasteiger partial charge in [-0.3, -0.25) is 4.79 Å². The first kappa shape index (κ1) is 20.4. The molecule has 1 aromatic carbocycles. The fourth-order valence-electron chi connectivity index (χ4n) is 6.91. The Kier molecular flexibility index (Phi) is 4.69. The molecular weight excluding hydrogens is 424 g/mol. The van der Waals surface area contributed by atoms with Crippen LogP contribution in [0.2, 0.25) is 0 Å². The van der Waals surface area contributed by atoms with E-state index in [1.165, 1.54) is 35.2 Å². The van der Waals surface area contributed by atoms with Gasteiger partial charge in [-0.05, 0) is 49.8 Å². The number of aromatic nitrogens is 3. The zero-order chi connectivity index (χ0) is 22.7. The quantitative estimate of drug-likeness (QED) is 0.641. The molecule has 176 valence electrons. The van der Waals surface area contributed by atoms with Gasteiger partial charge in [0.2, 0.25) is 5.91 Å². The van der Waals surface area contributed by atoms with E-state index >= 15 is 0 Å². The maximum atomic E-state index is 13.6. The highest BCUT2D eigenvalue weighted by atomic mass is 16.2. The minimum Gasteiger partial charge on any atom is -0.354 e. The van der Waals surface area contributed by atoms with Gasteiger partial charge in [0, 0.05) is 56.2 Å². The molecule has 7 heteroatoms. The van der Waals surface area contributed by atoms with Crippen LogP contribution in [-0.2, 0) is 29.5 Å². The first-order chi connectivity index (χ1) is 16.7. The molecule has 1 unspecified atom stereocenters. The first-order valence-electron chi connectivity index (χ1n) is 12.9. The highest BCUT2D eigenvalue weighted by Gasteiger charge is 2.45. The lowest BCUT2D eigenvalue weighted by Gasteiger charge is -2.46. The number of fused-ring (bicyclic) bond motifs is 4. The number of nitrogens with one attached hydrogen (secondary N) is 1. The molecule has 2 aromatic heterocycles. The normalized spacial score (nSPS) is 24.7. The monoisotopic (exact) mass is 456 g/mol. The second kappa shape index (κ2) is 7.80. The molecule has 2 saturated heterocycles. The number of hydrogen-bond donors (Lipinski definition) is 1. The highest BCUT2D eigenvalue weighted by molar-refractivity contribution is 5.82. The third kappa shape index (κ3) is 3.09. The lowest BCUT2D eigenvalue weighted by atomic mass is 9.75. The lowest BCUT2D eigenvalue weighted by molar-refractivity contribution is -0.138. The van der Waals surface area contributed by atoms with Crippen molar-refractivity contribution >= 4 is 17.4 Å². The van der Waals surface area contributed by atoms with Gasteiger partial charge in [0.15, 0.2) is 5.65 Å². The predicted octanol–water partition coefficient (Wildman–Crippen LogP) is 2.36. The molecule has 7 nitrogen and oxygen atoms in total. The minimum atomic E-state index is 0.0742. The van der Waals surface area contributed by atoms with Crippen molar-refractivity contribution in [3.63, 3.8) is 0 Å². The summed E-state index contributed by atoms with van der Waals surface area (Å²) < 4.78 is 1.98. The van der Waals surface area contributed by atoms with E-state index in [-0.39, 0.29) is 11.3 Å². The average molecular weight is 457 g/mol. The number of likely N-dealkylation sites (tertiary alicyclic amines) is 1. The van der Waals surface area contributed by atoms with Crippen molar-refractivity contribution in [2.45, 2.75) is 43.9 Å². The van der Waals surface area contributed by atoms with Crippen molar-refractivity contribution in [2.75, 3.05) is 44.2 Å². The average Bonchev–Trinajstić information content (AvgIpc) is 3.35. The van der Waals surface area contributed by atoms with Crippen LogP contribution >= 0.6 is 0 Å². The van der Waals surface area contributed by atoms with Crippen molar-refractivity contribution in [3.05, 3.63) is 58.9 Å². The summed E-state index contributed by atoms with van der Waals surface area (Å²) in [7, 11) is 0. The summed E-state index contributed by atoms with van der Waals surface area (Å²) in [5.74, 6) is 1.57. The molecule has 1 N–H and O–H groups in total. The van der Waals surface area contributed by atoms with E-state index in [2.05, 4.69) is 44.5 Å². The second-order valence-electron chi connectivity index (χ2n) is 10.6. The number of rotatable bonds is 2. The fraction of sp³-hybridized carbons (Fsp3) is 0.519. The van der Waals surface area contributed by atoms with E-state index in [1.54, 1.807) is 0 Å². The van der Waals surface area contributed by atoms with Crippen LogP contribution in [0.1, 0.15) is 41.6 Å². The molecule has 1 aliphatic carbocycles. The Bertz CT molecular complexity index is 1260. The molecule has 1 spiro atoms. The molecule has 4 aliphatic rings. The van der Waals surface area contributed by atoms with Crippen LogP contribution in [0.4, 0.5) is 5.82 Å². The van der Waals surface area contributed by atoms with E-state index in [1.807, 2.05) is 16.8 Å². The van der Waals surface area contributed by atoms with Crippen molar-refractivity contribution in [3.8, 4) is 0 Å². The molecule has 0 radical (unpaired) electrons. The maximum absolute atomic E-state index is 13.6. The second-order valence-corrected chi connectivity index (χ2v) is 10.6. The third-order valence-electron chi connectivity index (χ3n) is 8.66. The smallest absolute Gasteiger partial charge is 0.229 e. The van der Waals surface area contributed by atoms with Crippen LogP contribution in [0, 0.1) is 5.92 Å². The number of carbonyl (C=O) groups excluding carboxylic acids is 1. The number of benzene rings is 1. The molecular formula is C27H32N6O. The molecule has 34 heavy (non-hydrogen) atoms. The molecule has 3 aliphatic heterocycles. The topological polar surface area (TPSA) is 65.8 Å². The number of hydrogen-bond acceptors (Lipinski definition) is 5. The third-order valence-corrected chi connectivity index (χ3v) is 8.66. The van der Waals surface area contributed by atoms with Gasteiger partial charge in [0.25, 0.3) is 0 Å². The first-order valence-corrected chi connectivity index (χ1v) is 12.9. The summed E-state index contributed by atoms with van der Waals surface area (Å²) in [4.78, 5) is 23.1. The van der Waals surface area contributed by atoms with Gasteiger partial charge in [-0.2, -0.15) is 9.61 Å². The number of carbonyl (C=O) groups is 1. The Hall–Kier alpha value is -2.93. The van der Waals surface area contributed by atoms with Gasteiger partial charge in [0.1, 0.15) is 5.82 Å². The summed E-state index contributed by atoms with van der Waals surface area (Å²) in [6.45, 7) is 5.26. The van der Waals surface area contributed by atoms with Gasteiger partial charge >= 0.3 is 0 Å². The summed E-state index contributed by atoms with van der Waals surface area (Å²) in [5.41, 5.74) is 6.54. The van der Waals surface area contributed by atoms with E-state index in [9.17, 15) is 4.79 Å². The van der Waals surface area contributed by atoms with Gasteiger partial charge in [-0.15, -0.1) is 0 Å². The minimum absolute atomic E-state index is 0.0742. The van der Waals surface area contributed by atoms with E-state index in [4.69, 9.17) is 4.98 Å². The van der Waals surface area contributed by atoms with E-state index in [0.717, 1.165) is 76.4 Å². The van der Waals surface area contributed by atoms with E-state index < -0.39 is 0 Å². The standard InChI is InChI=1S/C27H32N6O/c34-26(31-15-3-10-27(18-31)11-6-19-4-1-2-5-22(19)27)20-16-32(17-20)25-21-7-12-28-13-8-23(21)30-24-9-14-29-33(24)25/h1-2,4-5,9,14,20,28H,3,6-8,10-13,15-18H2. The van der Waals surface area contributed by atoms with Crippen LogP contribution < -0.4 is 10.2 Å². The number of amides is 1. The molecule has 0 bridgehead atoms.